The molecule has 60 valence electrons. The van der Waals surface area contributed by atoms with Crippen LogP contribution in [-0.4, -0.2) is 23.7 Å². The molecule has 0 radical (unpaired) electrons. The van der Waals surface area contributed by atoms with Crippen LogP contribution in [-0.2, 0) is 0 Å². The predicted octanol–water partition coefficient (Wildman–Crippen LogP) is 2.32. The molecular formula is C7H14OS2. The molecular weight excluding hydrogens is 164 g/mol. The van der Waals surface area contributed by atoms with Gasteiger partial charge in [-0.15, -0.1) is 23.5 Å². The van der Waals surface area contributed by atoms with Crippen molar-refractivity contribution < 1.29 is 5.11 Å². The molecule has 1 nitrogen and oxygen atoms in total. The summed E-state index contributed by atoms with van der Waals surface area (Å²) in [5.74, 6) is 0. The largest absolute Gasteiger partial charge is 0.389 e. The number of hydrogen-bond acceptors (Lipinski definition) is 3. The first kappa shape index (κ1) is 10.4. The van der Waals surface area contributed by atoms with Crippen LogP contribution in [0.1, 0.15) is 13.3 Å². The van der Waals surface area contributed by atoms with Crippen molar-refractivity contribution in [3.8, 4) is 0 Å². The van der Waals surface area contributed by atoms with Gasteiger partial charge < -0.3 is 5.11 Å². The molecule has 0 amide bonds. The van der Waals surface area contributed by atoms with Crippen LogP contribution in [0.2, 0.25) is 0 Å². The van der Waals surface area contributed by atoms with E-state index < -0.39 is 0 Å². The molecule has 0 heterocycles. The van der Waals surface area contributed by atoms with Crippen molar-refractivity contribution in [1.82, 2.24) is 0 Å². The third-order valence-electron chi connectivity index (χ3n) is 1.15. The first-order chi connectivity index (χ1) is 4.74. The lowest BCUT2D eigenvalue weighted by atomic mass is 10.3. The molecule has 10 heavy (non-hydrogen) atoms. The van der Waals surface area contributed by atoms with Gasteiger partial charge in [-0.1, -0.05) is 6.92 Å². The minimum Gasteiger partial charge on any atom is -0.389 e. The van der Waals surface area contributed by atoms with Crippen molar-refractivity contribution in [3.05, 3.63) is 10.3 Å². The Morgan fingerprint density at radius 1 is 1.50 bits per heavy atom. The van der Waals surface area contributed by atoms with Gasteiger partial charge in [0, 0.05) is 4.24 Å². The molecule has 0 aromatic rings. The highest BCUT2D eigenvalue weighted by Crippen LogP contribution is 2.23. The van der Waals surface area contributed by atoms with Crippen LogP contribution in [0.5, 0.6) is 0 Å². The molecule has 0 fully saturated rings. The maximum absolute atomic E-state index is 9.19. The number of aliphatic hydroxyl groups excluding tert-OH is 1. The van der Waals surface area contributed by atoms with Gasteiger partial charge in [0.05, 0.1) is 6.10 Å². The van der Waals surface area contributed by atoms with E-state index in [-0.39, 0.29) is 6.10 Å². The van der Waals surface area contributed by atoms with Crippen molar-refractivity contribution >= 4 is 23.5 Å². The van der Waals surface area contributed by atoms with Gasteiger partial charge in [0.2, 0.25) is 0 Å². The molecule has 0 saturated heterocycles. The van der Waals surface area contributed by atoms with Crippen LogP contribution < -0.4 is 0 Å². The summed E-state index contributed by atoms with van der Waals surface area (Å²) in [6.07, 6.45) is 6.46. The van der Waals surface area contributed by atoms with E-state index in [1.54, 1.807) is 23.5 Å². The van der Waals surface area contributed by atoms with E-state index in [2.05, 4.69) is 0 Å². The van der Waals surface area contributed by atoms with Crippen LogP contribution in [0.15, 0.2) is 10.3 Å². The van der Waals surface area contributed by atoms with Crippen molar-refractivity contribution in [2.75, 3.05) is 12.5 Å². The zero-order valence-electron chi connectivity index (χ0n) is 6.63. The lowest BCUT2D eigenvalue weighted by molar-refractivity contribution is 0.219. The second-order valence-electron chi connectivity index (χ2n) is 1.87. The highest BCUT2D eigenvalue weighted by molar-refractivity contribution is 8.21. The molecule has 1 unspecified atom stereocenters. The number of thioether (sulfide) groups is 2. The quantitative estimate of drug-likeness (QED) is 0.713. The molecule has 0 rings (SSSR count). The Kier molecular flexibility index (Phi) is 6.38. The first-order valence-corrected chi connectivity index (χ1v) is 5.67. The van der Waals surface area contributed by atoms with Gasteiger partial charge in [0.25, 0.3) is 0 Å². The van der Waals surface area contributed by atoms with Crippen molar-refractivity contribution in [2.45, 2.75) is 19.4 Å². The maximum atomic E-state index is 9.19. The zero-order chi connectivity index (χ0) is 7.98. The summed E-state index contributed by atoms with van der Waals surface area (Å²) in [5.41, 5.74) is 0. The van der Waals surface area contributed by atoms with Crippen molar-refractivity contribution in [3.63, 3.8) is 0 Å². The number of rotatable bonds is 4. The van der Waals surface area contributed by atoms with Crippen LogP contribution in [0.25, 0.3) is 0 Å². The molecule has 0 aliphatic rings. The van der Waals surface area contributed by atoms with Gasteiger partial charge in [0.1, 0.15) is 0 Å². The second-order valence-corrected chi connectivity index (χ2v) is 3.82. The summed E-state index contributed by atoms with van der Waals surface area (Å²) in [6, 6.07) is 0. The fourth-order valence-electron chi connectivity index (χ4n) is 0.494. The monoisotopic (exact) mass is 178 g/mol. The topological polar surface area (TPSA) is 20.2 Å². The second kappa shape index (κ2) is 6.13. The fraction of sp³-hybridized carbons (Fsp3) is 0.714. The van der Waals surface area contributed by atoms with Crippen LogP contribution in [0.3, 0.4) is 0 Å². The summed E-state index contributed by atoms with van der Waals surface area (Å²) in [6.45, 7) is 1.97. The van der Waals surface area contributed by atoms with Gasteiger partial charge in [-0.05, 0) is 25.0 Å². The molecule has 0 bridgehead atoms. The average Bonchev–Trinajstić information content (AvgIpc) is 1.99. The number of aliphatic hydroxyl groups is 1. The van der Waals surface area contributed by atoms with E-state index in [9.17, 15) is 5.11 Å². The van der Waals surface area contributed by atoms with Crippen molar-refractivity contribution in [2.24, 2.45) is 0 Å². The highest BCUT2D eigenvalue weighted by atomic mass is 32.2. The molecule has 0 aromatic heterocycles. The summed E-state index contributed by atoms with van der Waals surface area (Å²) in [4.78, 5) is 0. The Morgan fingerprint density at radius 2 is 2.00 bits per heavy atom. The van der Waals surface area contributed by atoms with E-state index in [0.29, 0.717) is 0 Å². The van der Waals surface area contributed by atoms with E-state index in [4.69, 9.17) is 0 Å². The lowest BCUT2D eigenvalue weighted by Crippen LogP contribution is -1.98. The summed E-state index contributed by atoms with van der Waals surface area (Å²) >= 11 is 3.36. The summed E-state index contributed by atoms with van der Waals surface area (Å²) in [7, 11) is 0. The molecule has 1 atom stereocenters. The molecule has 3 heteroatoms. The summed E-state index contributed by atoms with van der Waals surface area (Å²) in [5, 5.41) is 9.19. The molecule has 0 aliphatic heterocycles. The Balaban J connectivity index is 3.83. The number of hydrogen-bond donors (Lipinski definition) is 1. The van der Waals surface area contributed by atoms with E-state index in [0.717, 1.165) is 6.42 Å². The minimum atomic E-state index is -0.269. The summed E-state index contributed by atoms with van der Waals surface area (Å²) < 4.78 is 1.19. The standard InChI is InChI=1S/C7H14OS2/c1-4-6(8)5-7(9-2)10-3/h5-6,8H,4H2,1-3H3. The van der Waals surface area contributed by atoms with E-state index in [1.807, 2.05) is 25.5 Å². The Hall–Kier alpha value is 0.400. The van der Waals surface area contributed by atoms with Gasteiger partial charge in [-0.3, -0.25) is 0 Å². The Labute approximate surface area is 71.3 Å². The molecule has 0 aliphatic carbocycles. The Morgan fingerprint density at radius 3 is 2.30 bits per heavy atom. The van der Waals surface area contributed by atoms with Crippen LogP contribution in [0.4, 0.5) is 0 Å². The lowest BCUT2D eigenvalue weighted by Gasteiger charge is -2.03. The molecule has 0 aromatic carbocycles. The third kappa shape index (κ3) is 4.25. The van der Waals surface area contributed by atoms with Gasteiger partial charge in [0.15, 0.2) is 0 Å². The third-order valence-corrected chi connectivity index (χ3v) is 3.23. The van der Waals surface area contributed by atoms with E-state index >= 15 is 0 Å². The fourth-order valence-corrected chi connectivity index (χ4v) is 1.75. The maximum Gasteiger partial charge on any atom is 0.0737 e. The van der Waals surface area contributed by atoms with Crippen LogP contribution >= 0.6 is 23.5 Å². The average molecular weight is 178 g/mol. The van der Waals surface area contributed by atoms with Crippen LogP contribution in [0, 0.1) is 0 Å². The smallest absolute Gasteiger partial charge is 0.0737 e. The van der Waals surface area contributed by atoms with Crippen molar-refractivity contribution in [1.29, 1.82) is 0 Å². The van der Waals surface area contributed by atoms with Gasteiger partial charge >= 0.3 is 0 Å². The zero-order valence-corrected chi connectivity index (χ0v) is 8.26. The van der Waals surface area contributed by atoms with E-state index in [1.165, 1.54) is 4.24 Å². The normalized spacial score (nSPS) is 12.8. The highest BCUT2D eigenvalue weighted by Gasteiger charge is 1.97. The first-order valence-electron chi connectivity index (χ1n) is 3.22. The van der Waals surface area contributed by atoms with Gasteiger partial charge in [-0.2, -0.15) is 0 Å². The molecule has 1 N–H and O–H groups in total. The Bertz CT molecular complexity index is 106. The SMILES string of the molecule is CCC(O)C=C(SC)SC. The minimum absolute atomic E-state index is 0.269. The predicted molar refractivity (Wildman–Crippen MR) is 51.4 cm³/mol. The molecule has 0 saturated carbocycles. The van der Waals surface area contributed by atoms with Gasteiger partial charge in [-0.25, -0.2) is 0 Å². The molecule has 0 spiro atoms.